The number of likely N-dealkylation sites (N-methyl/N-ethyl adjacent to an activating group) is 1. The van der Waals surface area contributed by atoms with Crippen molar-refractivity contribution in [2.24, 2.45) is 0 Å². The van der Waals surface area contributed by atoms with Gasteiger partial charge >= 0.3 is 0 Å². The Balaban J connectivity index is 2.16. The van der Waals surface area contributed by atoms with Crippen molar-refractivity contribution in [1.29, 1.82) is 0 Å². The molecule has 0 bridgehead atoms. The number of anilines is 1. The van der Waals surface area contributed by atoms with Crippen molar-refractivity contribution in [1.82, 2.24) is 5.32 Å². The van der Waals surface area contributed by atoms with Crippen molar-refractivity contribution >= 4 is 27.1 Å². The molecule has 0 aliphatic carbocycles. The Kier molecular flexibility index (Phi) is 3.17. The highest BCUT2D eigenvalue weighted by molar-refractivity contribution is 7.17. The summed E-state index contributed by atoms with van der Waals surface area (Å²) in [6.45, 7) is 5.30. The summed E-state index contributed by atoms with van der Waals surface area (Å²) in [5.41, 5.74) is 1.35. The molecule has 0 saturated heterocycles. The summed E-state index contributed by atoms with van der Waals surface area (Å²) >= 11 is 1.79. The fraction of sp³-hybridized carbons (Fsp3) is 0.385. The van der Waals surface area contributed by atoms with Crippen LogP contribution >= 0.6 is 11.3 Å². The minimum Gasteiger partial charge on any atom is -0.382 e. The lowest BCUT2D eigenvalue weighted by atomic mass is 10.1. The van der Waals surface area contributed by atoms with Gasteiger partial charge in [-0.2, -0.15) is 0 Å². The predicted octanol–water partition coefficient (Wildman–Crippen LogP) is 3.31. The van der Waals surface area contributed by atoms with Crippen molar-refractivity contribution in [3.63, 3.8) is 0 Å². The third-order valence-corrected chi connectivity index (χ3v) is 3.84. The van der Waals surface area contributed by atoms with Gasteiger partial charge in [-0.1, -0.05) is 18.2 Å². The van der Waals surface area contributed by atoms with Crippen LogP contribution in [0.3, 0.4) is 0 Å². The number of fused-ring (bicyclic) bond motifs is 1. The Morgan fingerprint density at radius 3 is 2.75 bits per heavy atom. The van der Waals surface area contributed by atoms with Crippen LogP contribution in [0.15, 0.2) is 29.6 Å². The van der Waals surface area contributed by atoms with E-state index in [-0.39, 0.29) is 5.54 Å². The smallest absolute Gasteiger partial charge is 0.0529 e. The number of thiophene rings is 1. The number of hydrogen-bond donors (Lipinski definition) is 2. The van der Waals surface area contributed by atoms with Crippen molar-refractivity contribution in [3.05, 3.63) is 29.6 Å². The largest absolute Gasteiger partial charge is 0.382 e. The number of nitrogens with one attached hydrogen (secondary N) is 2. The molecular formula is C13H18N2S. The zero-order valence-corrected chi connectivity index (χ0v) is 10.8. The van der Waals surface area contributed by atoms with Crippen molar-refractivity contribution < 1.29 is 0 Å². The molecule has 2 N–H and O–H groups in total. The second kappa shape index (κ2) is 4.44. The van der Waals surface area contributed by atoms with E-state index in [1.54, 1.807) is 11.3 Å². The molecule has 1 heterocycles. The molecular weight excluding hydrogens is 216 g/mol. The van der Waals surface area contributed by atoms with Crippen LogP contribution in [0.4, 0.5) is 5.69 Å². The molecule has 86 valence electrons. The summed E-state index contributed by atoms with van der Waals surface area (Å²) in [5.74, 6) is 0. The topological polar surface area (TPSA) is 24.1 Å². The fourth-order valence-electron chi connectivity index (χ4n) is 1.52. The van der Waals surface area contributed by atoms with Crippen LogP contribution in [0.5, 0.6) is 0 Å². The van der Waals surface area contributed by atoms with Crippen LogP contribution < -0.4 is 10.6 Å². The Morgan fingerprint density at radius 2 is 2.00 bits per heavy atom. The van der Waals surface area contributed by atoms with Gasteiger partial charge in [0, 0.05) is 27.5 Å². The first-order chi connectivity index (χ1) is 7.62. The molecule has 16 heavy (non-hydrogen) atoms. The van der Waals surface area contributed by atoms with Gasteiger partial charge in [-0.05, 0) is 27.0 Å². The van der Waals surface area contributed by atoms with Crippen LogP contribution in [0.1, 0.15) is 13.8 Å². The summed E-state index contributed by atoms with van der Waals surface area (Å²) in [7, 11) is 1.99. The van der Waals surface area contributed by atoms with E-state index >= 15 is 0 Å². The van der Waals surface area contributed by atoms with E-state index in [2.05, 4.69) is 54.1 Å². The number of hydrogen-bond acceptors (Lipinski definition) is 3. The van der Waals surface area contributed by atoms with Crippen LogP contribution in [-0.4, -0.2) is 19.1 Å². The monoisotopic (exact) mass is 234 g/mol. The number of benzene rings is 1. The van der Waals surface area contributed by atoms with Gasteiger partial charge < -0.3 is 10.6 Å². The van der Waals surface area contributed by atoms with Crippen molar-refractivity contribution in [2.45, 2.75) is 19.4 Å². The molecule has 0 aliphatic rings. The van der Waals surface area contributed by atoms with Gasteiger partial charge in [0.2, 0.25) is 0 Å². The highest BCUT2D eigenvalue weighted by Crippen LogP contribution is 2.29. The predicted molar refractivity (Wildman–Crippen MR) is 73.5 cm³/mol. The van der Waals surface area contributed by atoms with E-state index in [1.807, 2.05) is 7.05 Å². The zero-order chi connectivity index (χ0) is 11.6. The van der Waals surface area contributed by atoms with E-state index < -0.39 is 0 Å². The normalized spacial score (nSPS) is 11.9. The van der Waals surface area contributed by atoms with Gasteiger partial charge in [0.25, 0.3) is 0 Å². The minimum atomic E-state index is 0.114. The molecule has 2 nitrogen and oxygen atoms in total. The summed E-state index contributed by atoms with van der Waals surface area (Å²) in [6, 6.07) is 8.50. The van der Waals surface area contributed by atoms with Gasteiger partial charge in [-0.25, -0.2) is 0 Å². The van der Waals surface area contributed by atoms with Gasteiger partial charge in [-0.3, -0.25) is 0 Å². The number of rotatable bonds is 4. The molecule has 2 aromatic rings. The molecule has 0 atom stereocenters. The minimum absolute atomic E-state index is 0.114. The molecule has 0 radical (unpaired) electrons. The molecule has 2 rings (SSSR count). The lowest BCUT2D eigenvalue weighted by molar-refractivity contribution is 0.448. The molecule has 0 aliphatic heterocycles. The van der Waals surface area contributed by atoms with E-state index in [0.29, 0.717) is 0 Å². The van der Waals surface area contributed by atoms with E-state index in [4.69, 9.17) is 0 Å². The van der Waals surface area contributed by atoms with Crippen molar-refractivity contribution in [2.75, 3.05) is 18.9 Å². The molecule has 0 unspecified atom stereocenters. The molecule has 0 fully saturated rings. The summed E-state index contributed by atoms with van der Waals surface area (Å²) in [5, 5.41) is 10.3. The Hall–Kier alpha value is -1.06. The van der Waals surface area contributed by atoms with Gasteiger partial charge in [-0.15, -0.1) is 11.3 Å². The Morgan fingerprint density at radius 1 is 1.25 bits per heavy atom. The van der Waals surface area contributed by atoms with Gasteiger partial charge in [0.15, 0.2) is 0 Å². The first-order valence-corrected chi connectivity index (χ1v) is 6.39. The molecule has 3 heteroatoms. The first kappa shape index (κ1) is 11.4. The maximum absolute atomic E-state index is 3.51. The van der Waals surface area contributed by atoms with Crippen LogP contribution in [0.25, 0.3) is 10.1 Å². The summed E-state index contributed by atoms with van der Waals surface area (Å²) < 4.78 is 1.34. The molecule has 0 amide bonds. The zero-order valence-electron chi connectivity index (χ0n) is 10.0. The maximum Gasteiger partial charge on any atom is 0.0529 e. The lowest BCUT2D eigenvalue weighted by Crippen LogP contribution is -2.42. The van der Waals surface area contributed by atoms with Crippen LogP contribution in [0.2, 0.25) is 0 Å². The van der Waals surface area contributed by atoms with E-state index in [1.165, 1.54) is 15.8 Å². The lowest BCUT2D eigenvalue weighted by Gasteiger charge is -2.24. The summed E-state index contributed by atoms with van der Waals surface area (Å²) in [6.07, 6.45) is 0. The van der Waals surface area contributed by atoms with Gasteiger partial charge in [0.05, 0.1) is 5.69 Å². The third-order valence-electron chi connectivity index (χ3n) is 2.88. The highest BCUT2D eigenvalue weighted by Gasteiger charge is 2.14. The second-order valence-electron chi connectivity index (χ2n) is 4.63. The Labute approximate surface area is 101 Å². The molecule has 0 saturated carbocycles. The average Bonchev–Trinajstić information content (AvgIpc) is 2.70. The maximum atomic E-state index is 3.51. The second-order valence-corrected chi connectivity index (χ2v) is 5.54. The van der Waals surface area contributed by atoms with E-state index in [9.17, 15) is 0 Å². The average molecular weight is 234 g/mol. The molecule has 1 aromatic heterocycles. The van der Waals surface area contributed by atoms with Crippen LogP contribution in [-0.2, 0) is 0 Å². The molecule has 0 spiro atoms. The van der Waals surface area contributed by atoms with E-state index in [0.717, 1.165) is 6.54 Å². The molecule has 1 aromatic carbocycles. The SMILES string of the molecule is CNC(C)(C)CNc1csc2ccccc12. The third kappa shape index (κ3) is 2.36. The van der Waals surface area contributed by atoms with Gasteiger partial charge in [0.1, 0.15) is 0 Å². The summed E-state index contributed by atoms with van der Waals surface area (Å²) in [4.78, 5) is 0. The van der Waals surface area contributed by atoms with Crippen molar-refractivity contribution in [3.8, 4) is 0 Å². The quantitative estimate of drug-likeness (QED) is 0.848. The fourth-order valence-corrected chi connectivity index (χ4v) is 2.44. The van der Waals surface area contributed by atoms with Crippen LogP contribution in [0, 0.1) is 0 Å². The standard InChI is InChI=1S/C13H18N2S/c1-13(2,14-3)9-15-11-8-16-12-7-5-4-6-10(11)12/h4-8,14-15H,9H2,1-3H3. The Bertz CT molecular complexity index is 473. The highest BCUT2D eigenvalue weighted by atomic mass is 32.1. The first-order valence-electron chi connectivity index (χ1n) is 5.51.